The van der Waals surface area contributed by atoms with Crippen LogP contribution in [0.2, 0.25) is 0 Å². The summed E-state index contributed by atoms with van der Waals surface area (Å²) < 4.78 is 12.1. The van der Waals surface area contributed by atoms with Crippen molar-refractivity contribution in [2.75, 3.05) is 7.11 Å². The maximum absolute atomic E-state index is 6.40. The number of rotatable bonds is 6. The molecular formula is C37H38N2O2. The Morgan fingerprint density at radius 1 is 0.707 bits per heavy atom. The van der Waals surface area contributed by atoms with E-state index in [0.29, 0.717) is 0 Å². The maximum atomic E-state index is 6.40. The van der Waals surface area contributed by atoms with Gasteiger partial charge >= 0.3 is 0 Å². The van der Waals surface area contributed by atoms with Crippen molar-refractivity contribution < 1.29 is 9.15 Å². The van der Waals surface area contributed by atoms with Crippen LogP contribution >= 0.6 is 0 Å². The molecule has 41 heavy (non-hydrogen) atoms. The van der Waals surface area contributed by atoms with Gasteiger partial charge in [-0.05, 0) is 24.3 Å². The number of benzene rings is 3. The molecule has 4 nitrogen and oxygen atoms in total. The van der Waals surface area contributed by atoms with E-state index in [-0.39, 0.29) is 10.8 Å². The Morgan fingerprint density at radius 3 is 1.80 bits per heavy atom. The average Bonchev–Trinajstić information content (AvgIpc) is 3.46. The molecule has 0 amide bonds. The second-order valence-electron chi connectivity index (χ2n) is 12.3. The fourth-order valence-corrected chi connectivity index (χ4v) is 4.83. The summed E-state index contributed by atoms with van der Waals surface area (Å²) in [5, 5.41) is 0. The second kappa shape index (κ2) is 11.2. The van der Waals surface area contributed by atoms with E-state index in [2.05, 4.69) is 90.1 Å². The number of nitrogens with zero attached hydrogens (tertiary/aromatic N) is 2. The molecule has 0 saturated carbocycles. The predicted molar refractivity (Wildman–Crippen MR) is 170 cm³/mol. The number of furan rings is 1. The first-order valence-electron chi connectivity index (χ1n) is 14.1. The third-order valence-corrected chi connectivity index (χ3v) is 7.04. The molecule has 0 fully saturated rings. The van der Waals surface area contributed by atoms with E-state index in [1.54, 1.807) is 7.11 Å². The van der Waals surface area contributed by atoms with Gasteiger partial charge < -0.3 is 9.15 Å². The van der Waals surface area contributed by atoms with Crippen molar-refractivity contribution in [1.82, 2.24) is 9.97 Å². The number of hydrogen-bond donors (Lipinski definition) is 0. The first-order chi connectivity index (χ1) is 19.6. The first kappa shape index (κ1) is 28.1. The van der Waals surface area contributed by atoms with E-state index in [1.165, 1.54) is 0 Å². The van der Waals surface area contributed by atoms with Gasteiger partial charge in [0.1, 0.15) is 22.8 Å². The van der Waals surface area contributed by atoms with Crippen LogP contribution in [0.3, 0.4) is 0 Å². The van der Waals surface area contributed by atoms with Crippen LogP contribution in [-0.4, -0.2) is 17.1 Å². The van der Waals surface area contributed by atoms with Gasteiger partial charge in [0.25, 0.3) is 0 Å². The highest BCUT2D eigenvalue weighted by atomic mass is 16.5. The van der Waals surface area contributed by atoms with E-state index >= 15 is 0 Å². The van der Waals surface area contributed by atoms with Crippen molar-refractivity contribution in [3.63, 3.8) is 0 Å². The normalized spacial score (nSPS) is 12.8. The third kappa shape index (κ3) is 6.02. The fourth-order valence-electron chi connectivity index (χ4n) is 4.83. The Bertz CT molecular complexity index is 1710. The Morgan fingerprint density at radius 2 is 1.29 bits per heavy atom. The number of hydrogen-bond acceptors (Lipinski definition) is 4. The predicted octanol–water partition coefficient (Wildman–Crippen LogP) is 10.1. The molecule has 0 N–H and O–H groups in total. The molecule has 2 aromatic heterocycles. The van der Waals surface area contributed by atoms with E-state index in [1.807, 2.05) is 54.6 Å². The van der Waals surface area contributed by atoms with Gasteiger partial charge in [0.2, 0.25) is 0 Å². The molecule has 0 bridgehead atoms. The summed E-state index contributed by atoms with van der Waals surface area (Å²) in [4.78, 5) is 10.7. The summed E-state index contributed by atoms with van der Waals surface area (Å²) in [7, 11) is 1.72. The van der Waals surface area contributed by atoms with Gasteiger partial charge in [0.15, 0.2) is 0 Å². The average molecular weight is 543 g/mol. The number of aromatic nitrogens is 2. The van der Waals surface area contributed by atoms with Crippen LogP contribution in [0, 0.1) is 5.41 Å². The van der Waals surface area contributed by atoms with Crippen LogP contribution < -0.4 is 0 Å². The lowest BCUT2D eigenvalue weighted by Crippen LogP contribution is -2.10. The van der Waals surface area contributed by atoms with Crippen molar-refractivity contribution in [1.29, 1.82) is 0 Å². The van der Waals surface area contributed by atoms with Gasteiger partial charge in [-0.3, -0.25) is 0 Å². The highest BCUT2D eigenvalue weighted by Crippen LogP contribution is 2.38. The van der Waals surface area contributed by atoms with Crippen molar-refractivity contribution in [3.05, 3.63) is 114 Å². The Kier molecular flexibility index (Phi) is 7.68. The van der Waals surface area contributed by atoms with Gasteiger partial charge in [-0.1, -0.05) is 120 Å². The standard InChI is InChI=1S/C37H38N2O2/c1-36(2,3)30(40-7)20-14-19-27-21-22-28(29-23-24-31(41-29)37(4,5)6)35-34(27)38-32(25-15-10-8-11-16-25)33(39-35)26-17-12-9-13-18-26/h8-24H,1-7H3/b19-14+,30-20-. The molecular weight excluding hydrogens is 504 g/mol. The third-order valence-electron chi connectivity index (χ3n) is 7.04. The molecule has 5 aromatic rings. The molecule has 3 aromatic carbocycles. The maximum Gasteiger partial charge on any atom is 0.136 e. The van der Waals surface area contributed by atoms with Crippen LogP contribution in [0.15, 0.2) is 107 Å². The van der Waals surface area contributed by atoms with Gasteiger partial charge in [-0.15, -0.1) is 0 Å². The minimum atomic E-state index is -0.101. The summed E-state index contributed by atoms with van der Waals surface area (Å²) in [5.74, 6) is 2.62. The number of allylic oxidation sites excluding steroid dienone is 3. The topological polar surface area (TPSA) is 48.2 Å². The Hall–Kier alpha value is -4.44. The van der Waals surface area contributed by atoms with Crippen molar-refractivity contribution >= 4 is 17.1 Å². The summed E-state index contributed by atoms with van der Waals surface area (Å²) in [6, 6.07) is 28.8. The lowest BCUT2D eigenvalue weighted by Gasteiger charge is -2.20. The zero-order valence-electron chi connectivity index (χ0n) is 25.0. The molecule has 4 heteroatoms. The van der Waals surface area contributed by atoms with Crippen LogP contribution in [0.1, 0.15) is 52.9 Å². The van der Waals surface area contributed by atoms with E-state index in [4.69, 9.17) is 19.1 Å². The molecule has 0 spiro atoms. The zero-order valence-corrected chi connectivity index (χ0v) is 25.0. The highest BCUT2D eigenvalue weighted by molar-refractivity contribution is 5.98. The summed E-state index contributed by atoms with van der Waals surface area (Å²) in [6.07, 6.45) is 6.12. The minimum Gasteiger partial charge on any atom is -0.501 e. The van der Waals surface area contributed by atoms with E-state index in [9.17, 15) is 0 Å². The molecule has 0 unspecified atom stereocenters. The highest BCUT2D eigenvalue weighted by Gasteiger charge is 2.22. The van der Waals surface area contributed by atoms with Gasteiger partial charge in [-0.25, -0.2) is 9.97 Å². The number of methoxy groups -OCH3 is 1. The molecule has 0 saturated heterocycles. The summed E-state index contributed by atoms with van der Waals surface area (Å²) in [6.45, 7) is 12.9. The van der Waals surface area contributed by atoms with Crippen molar-refractivity contribution in [3.8, 4) is 33.8 Å². The van der Waals surface area contributed by atoms with Crippen LogP contribution in [0.4, 0.5) is 0 Å². The molecule has 0 aliphatic carbocycles. The monoisotopic (exact) mass is 542 g/mol. The molecule has 2 heterocycles. The van der Waals surface area contributed by atoms with Crippen LogP contribution in [-0.2, 0) is 10.2 Å². The minimum absolute atomic E-state index is 0.0973. The van der Waals surface area contributed by atoms with E-state index in [0.717, 1.165) is 62.0 Å². The summed E-state index contributed by atoms with van der Waals surface area (Å²) in [5.41, 5.74) is 7.01. The lowest BCUT2D eigenvalue weighted by molar-refractivity contribution is 0.206. The SMILES string of the molecule is CO/C(=C\C=C\c1ccc(-c2ccc(C(C)(C)C)o2)c2nc(-c3ccccc3)c(-c3ccccc3)nc12)C(C)(C)C. The smallest absolute Gasteiger partial charge is 0.136 e. The molecule has 208 valence electrons. The Balaban J connectivity index is 1.79. The molecule has 0 atom stereocenters. The quantitative estimate of drug-likeness (QED) is 0.158. The molecule has 0 radical (unpaired) electrons. The van der Waals surface area contributed by atoms with Crippen LogP contribution in [0.25, 0.3) is 50.9 Å². The molecule has 0 aliphatic rings. The second-order valence-corrected chi connectivity index (χ2v) is 12.3. The fraction of sp³-hybridized carbons (Fsp3) is 0.243. The van der Waals surface area contributed by atoms with Crippen molar-refractivity contribution in [2.24, 2.45) is 5.41 Å². The lowest BCUT2D eigenvalue weighted by atomic mass is 9.93. The zero-order chi connectivity index (χ0) is 29.2. The van der Waals surface area contributed by atoms with Crippen molar-refractivity contribution in [2.45, 2.75) is 47.0 Å². The van der Waals surface area contributed by atoms with Gasteiger partial charge in [0.05, 0.1) is 24.0 Å². The van der Waals surface area contributed by atoms with Gasteiger partial charge in [-0.2, -0.15) is 0 Å². The van der Waals surface area contributed by atoms with Crippen LogP contribution in [0.5, 0.6) is 0 Å². The van der Waals surface area contributed by atoms with Gasteiger partial charge in [0, 0.05) is 33.1 Å². The Labute approximate surface area is 243 Å². The molecule has 5 rings (SSSR count). The molecule has 0 aliphatic heterocycles. The number of fused-ring (bicyclic) bond motifs is 1. The van der Waals surface area contributed by atoms with E-state index < -0.39 is 0 Å². The first-order valence-corrected chi connectivity index (χ1v) is 14.1. The largest absolute Gasteiger partial charge is 0.501 e. The number of ether oxygens (including phenoxy) is 1. The summed E-state index contributed by atoms with van der Waals surface area (Å²) >= 11 is 0.